The maximum absolute atomic E-state index is 14.1. The van der Waals surface area contributed by atoms with Crippen molar-refractivity contribution in [1.29, 1.82) is 0 Å². The van der Waals surface area contributed by atoms with Crippen molar-refractivity contribution in [3.05, 3.63) is 64.2 Å². The van der Waals surface area contributed by atoms with Crippen LogP contribution in [0.25, 0.3) is 0 Å². The molecule has 0 aromatic heterocycles. The van der Waals surface area contributed by atoms with Crippen LogP contribution in [0.2, 0.25) is 5.02 Å². The fourth-order valence-electron chi connectivity index (χ4n) is 2.17. The average molecular weight is 312 g/mol. The van der Waals surface area contributed by atoms with Gasteiger partial charge in [0.05, 0.1) is 18.2 Å². The van der Waals surface area contributed by atoms with Crippen molar-refractivity contribution in [2.45, 2.75) is 13.0 Å². The Hall–Kier alpha value is -1.65. The van der Waals surface area contributed by atoms with Crippen LogP contribution in [0, 0.1) is 11.6 Å². The van der Waals surface area contributed by atoms with E-state index in [-0.39, 0.29) is 10.6 Å². The van der Waals surface area contributed by atoms with E-state index in [1.165, 1.54) is 0 Å². The van der Waals surface area contributed by atoms with Gasteiger partial charge < -0.3 is 10.1 Å². The van der Waals surface area contributed by atoms with E-state index < -0.39 is 17.7 Å². The fraction of sp³-hybridized carbons (Fsp3) is 0.250. The number of rotatable bonds is 5. The van der Waals surface area contributed by atoms with E-state index >= 15 is 0 Å². The van der Waals surface area contributed by atoms with E-state index in [1.807, 2.05) is 19.1 Å². The van der Waals surface area contributed by atoms with Crippen LogP contribution in [0.4, 0.5) is 8.78 Å². The van der Waals surface area contributed by atoms with Gasteiger partial charge in [0.1, 0.15) is 17.4 Å². The lowest BCUT2D eigenvalue weighted by molar-refractivity contribution is 0.414. The summed E-state index contributed by atoms with van der Waals surface area (Å²) < 4.78 is 32.9. The Morgan fingerprint density at radius 3 is 2.38 bits per heavy atom. The van der Waals surface area contributed by atoms with Gasteiger partial charge in [0.25, 0.3) is 0 Å². The van der Waals surface area contributed by atoms with Crippen LogP contribution in [0.15, 0.2) is 36.4 Å². The van der Waals surface area contributed by atoms with Crippen LogP contribution < -0.4 is 10.1 Å². The van der Waals surface area contributed by atoms with E-state index in [0.717, 1.165) is 17.7 Å². The second-order valence-corrected chi connectivity index (χ2v) is 4.96. The summed E-state index contributed by atoms with van der Waals surface area (Å²) >= 11 is 5.60. The molecule has 1 unspecified atom stereocenters. The molecule has 0 aliphatic carbocycles. The number of halogens is 3. The van der Waals surface area contributed by atoms with Crippen LogP contribution in [0.5, 0.6) is 5.75 Å². The molecular weight excluding hydrogens is 296 g/mol. The molecule has 0 spiro atoms. The highest BCUT2D eigenvalue weighted by Crippen LogP contribution is 2.29. The van der Waals surface area contributed by atoms with Crippen molar-refractivity contribution in [3.8, 4) is 5.75 Å². The second-order valence-electron chi connectivity index (χ2n) is 4.55. The first-order chi connectivity index (χ1) is 10.1. The SMILES string of the molecule is CCNC(c1ccc(OC)cc1)c1cc(F)c(Cl)cc1F. The third-order valence-electron chi connectivity index (χ3n) is 3.21. The van der Waals surface area contributed by atoms with Gasteiger partial charge in [-0.2, -0.15) is 0 Å². The molecule has 5 heteroatoms. The van der Waals surface area contributed by atoms with Crippen molar-refractivity contribution < 1.29 is 13.5 Å². The van der Waals surface area contributed by atoms with Crippen molar-refractivity contribution in [2.75, 3.05) is 13.7 Å². The highest BCUT2D eigenvalue weighted by molar-refractivity contribution is 6.30. The minimum atomic E-state index is -0.635. The maximum Gasteiger partial charge on any atom is 0.142 e. The number of hydrogen-bond donors (Lipinski definition) is 1. The molecule has 0 amide bonds. The summed E-state index contributed by atoms with van der Waals surface area (Å²) in [5, 5.41) is 2.93. The Morgan fingerprint density at radius 1 is 1.14 bits per heavy atom. The number of hydrogen-bond acceptors (Lipinski definition) is 2. The fourth-order valence-corrected chi connectivity index (χ4v) is 2.32. The first-order valence-electron chi connectivity index (χ1n) is 6.58. The molecule has 0 fully saturated rings. The number of ether oxygens (including phenoxy) is 1. The Balaban J connectivity index is 2.44. The van der Waals surface area contributed by atoms with Gasteiger partial charge in [0.2, 0.25) is 0 Å². The lowest BCUT2D eigenvalue weighted by atomic mass is 9.98. The average Bonchev–Trinajstić information content (AvgIpc) is 2.49. The summed E-state index contributed by atoms with van der Waals surface area (Å²) in [6.07, 6.45) is 0. The summed E-state index contributed by atoms with van der Waals surface area (Å²) in [5.74, 6) is -0.468. The molecule has 1 atom stereocenters. The summed E-state index contributed by atoms with van der Waals surface area (Å²) in [7, 11) is 1.57. The summed E-state index contributed by atoms with van der Waals surface area (Å²) in [6.45, 7) is 2.51. The van der Waals surface area contributed by atoms with E-state index in [1.54, 1.807) is 19.2 Å². The topological polar surface area (TPSA) is 21.3 Å². The van der Waals surface area contributed by atoms with Gasteiger partial charge in [0, 0.05) is 5.56 Å². The molecule has 2 aromatic carbocycles. The molecule has 21 heavy (non-hydrogen) atoms. The molecule has 0 aliphatic heterocycles. The predicted molar refractivity (Wildman–Crippen MR) is 79.9 cm³/mol. The normalized spacial score (nSPS) is 12.2. The van der Waals surface area contributed by atoms with Crippen LogP contribution in [-0.4, -0.2) is 13.7 Å². The molecule has 0 saturated heterocycles. The van der Waals surface area contributed by atoms with Crippen LogP contribution in [0.1, 0.15) is 24.1 Å². The Bertz CT molecular complexity index is 616. The zero-order valence-electron chi connectivity index (χ0n) is 11.8. The molecular formula is C16H16ClF2NO. The van der Waals surface area contributed by atoms with E-state index in [9.17, 15) is 8.78 Å². The molecule has 0 heterocycles. The molecule has 2 nitrogen and oxygen atoms in total. The maximum atomic E-state index is 14.1. The summed E-state index contributed by atoms with van der Waals surface area (Å²) in [6, 6.07) is 8.88. The van der Waals surface area contributed by atoms with Crippen LogP contribution in [-0.2, 0) is 0 Å². The first-order valence-corrected chi connectivity index (χ1v) is 6.96. The molecule has 112 valence electrons. The van der Waals surface area contributed by atoms with Crippen molar-refractivity contribution in [2.24, 2.45) is 0 Å². The van der Waals surface area contributed by atoms with Crippen LogP contribution >= 0.6 is 11.6 Å². The summed E-state index contributed by atoms with van der Waals surface area (Å²) in [4.78, 5) is 0. The van der Waals surface area contributed by atoms with Gasteiger partial charge >= 0.3 is 0 Å². The number of benzene rings is 2. The molecule has 0 radical (unpaired) electrons. The van der Waals surface area contributed by atoms with Gasteiger partial charge in [-0.15, -0.1) is 0 Å². The lowest BCUT2D eigenvalue weighted by Gasteiger charge is -2.20. The number of methoxy groups -OCH3 is 1. The second kappa shape index (κ2) is 6.87. The monoisotopic (exact) mass is 311 g/mol. The van der Waals surface area contributed by atoms with E-state index in [0.29, 0.717) is 12.3 Å². The molecule has 0 aliphatic rings. The Kier molecular flexibility index (Phi) is 5.15. The zero-order valence-corrected chi connectivity index (χ0v) is 12.5. The minimum absolute atomic E-state index is 0.221. The third kappa shape index (κ3) is 3.52. The standard InChI is InChI=1S/C16H16ClF2NO/c1-3-20-16(10-4-6-11(21-2)7-5-10)12-8-15(19)13(17)9-14(12)18/h4-9,16,20H,3H2,1-2H3. The smallest absolute Gasteiger partial charge is 0.142 e. The van der Waals surface area contributed by atoms with E-state index in [4.69, 9.17) is 16.3 Å². The molecule has 2 rings (SSSR count). The van der Waals surface area contributed by atoms with Gasteiger partial charge in [0.15, 0.2) is 0 Å². The largest absolute Gasteiger partial charge is 0.497 e. The van der Waals surface area contributed by atoms with Gasteiger partial charge in [-0.25, -0.2) is 8.78 Å². The van der Waals surface area contributed by atoms with Crippen molar-refractivity contribution in [3.63, 3.8) is 0 Å². The lowest BCUT2D eigenvalue weighted by Crippen LogP contribution is -2.23. The van der Waals surface area contributed by atoms with Gasteiger partial charge in [-0.1, -0.05) is 30.7 Å². The predicted octanol–water partition coefficient (Wildman–Crippen LogP) is 4.33. The molecule has 0 saturated carbocycles. The Labute approximate surface area is 127 Å². The highest BCUT2D eigenvalue weighted by atomic mass is 35.5. The number of nitrogens with one attached hydrogen (secondary N) is 1. The van der Waals surface area contributed by atoms with Crippen molar-refractivity contribution in [1.82, 2.24) is 5.32 Å². The molecule has 0 bridgehead atoms. The van der Waals surface area contributed by atoms with Crippen molar-refractivity contribution >= 4 is 11.6 Å². The highest BCUT2D eigenvalue weighted by Gasteiger charge is 2.19. The third-order valence-corrected chi connectivity index (χ3v) is 3.50. The van der Waals surface area contributed by atoms with E-state index in [2.05, 4.69) is 5.32 Å². The Morgan fingerprint density at radius 2 is 1.81 bits per heavy atom. The quantitative estimate of drug-likeness (QED) is 0.830. The molecule has 2 aromatic rings. The van der Waals surface area contributed by atoms with Gasteiger partial charge in [-0.3, -0.25) is 0 Å². The minimum Gasteiger partial charge on any atom is -0.497 e. The molecule has 1 N–H and O–H groups in total. The zero-order chi connectivity index (χ0) is 15.4. The van der Waals surface area contributed by atoms with Gasteiger partial charge in [-0.05, 0) is 36.4 Å². The van der Waals surface area contributed by atoms with Crippen LogP contribution in [0.3, 0.4) is 0 Å². The summed E-state index contributed by atoms with van der Waals surface area (Å²) in [5.41, 5.74) is 1.04. The first kappa shape index (κ1) is 15.7.